The van der Waals surface area contributed by atoms with Gasteiger partial charge in [-0.25, -0.2) is 0 Å². The molecule has 0 aromatic heterocycles. The highest BCUT2D eigenvalue weighted by molar-refractivity contribution is 7.86. The van der Waals surface area contributed by atoms with Crippen LogP contribution in [-0.4, -0.2) is 48.7 Å². The Labute approximate surface area is 98.8 Å². The van der Waals surface area contributed by atoms with Crippen LogP contribution in [0.4, 0.5) is 0 Å². The van der Waals surface area contributed by atoms with Gasteiger partial charge < -0.3 is 5.73 Å². The number of hydrogen-bond acceptors (Lipinski definition) is 3. The molecule has 2 N–H and O–H groups in total. The van der Waals surface area contributed by atoms with Crippen LogP contribution in [0.2, 0.25) is 0 Å². The molecule has 0 saturated carbocycles. The van der Waals surface area contributed by atoms with E-state index >= 15 is 0 Å². The minimum Gasteiger partial charge on any atom is -0.328 e. The fourth-order valence-electron chi connectivity index (χ4n) is 1.96. The third-order valence-corrected chi connectivity index (χ3v) is 5.53. The predicted molar refractivity (Wildman–Crippen MR) is 65.2 cm³/mol. The van der Waals surface area contributed by atoms with Gasteiger partial charge in [-0.05, 0) is 33.6 Å². The third kappa shape index (κ3) is 2.74. The van der Waals surface area contributed by atoms with Gasteiger partial charge in [0.1, 0.15) is 0 Å². The standard InChI is InChI=1S/C10H23N3O2S/c1-8(2)12(4)16(14,15)13-6-5-10(11)7-9(13)3/h8-10H,5-7,11H2,1-4H3. The van der Waals surface area contributed by atoms with Gasteiger partial charge in [0.2, 0.25) is 0 Å². The highest BCUT2D eigenvalue weighted by atomic mass is 32.2. The molecule has 2 atom stereocenters. The van der Waals surface area contributed by atoms with Gasteiger partial charge >= 0.3 is 0 Å². The minimum atomic E-state index is -3.32. The Morgan fingerprint density at radius 1 is 1.44 bits per heavy atom. The normalized spacial score (nSPS) is 28.9. The molecule has 1 fully saturated rings. The van der Waals surface area contributed by atoms with Crippen molar-refractivity contribution in [2.75, 3.05) is 13.6 Å². The number of piperidine rings is 1. The second kappa shape index (κ2) is 5.00. The van der Waals surface area contributed by atoms with Gasteiger partial charge in [-0.1, -0.05) is 0 Å². The molecule has 96 valence electrons. The molecule has 1 heterocycles. The lowest BCUT2D eigenvalue weighted by atomic mass is 10.0. The molecule has 16 heavy (non-hydrogen) atoms. The van der Waals surface area contributed by atoms with E-state index < -0.39 is 10.2 Å². The van der Waals surface area contributed by atoms with E-state index in [9.17, 15) is 8.42 Å². The maximum absolute atomic E-state index is 12.3. The van der Waals surface area contributed by atoms with Gasteiger partial charge in [-0.15, -0.1) is 0 Å². The van der Waals surface area contributed by atoms with Crippen LogP contribution in [0.25, 0.3) is 0 Å². The highest BCUT2D eigenvalue weighted by Gasteiger charge is 2.35. The first-order valence-corrected chi connectivity index (χ1v) is 7.17. The number of hydrogen-bond donors (Lipinski definition) is 1. The Hall–Kier alpha value is -0.170. The molecule has 0 radical (unpaired) electrons. The van der Waals surface area contributed by atoms with Gasteiger partial charge in [-0.3, -0.25) is 0 Å². The maximum Gasteiger partial charge on any atom is 0.282 e. The molecule has 1 aliphatic heterocycles. The Morgan fingerprint density at radius 3 is 2.44 bits per heavy atom. The monoisotopic (exact) mass is 249 g/mol. The smallest absolute Gasteiger partial charge is 0.282 e. The topological polar surface area (TPSA) is 66.6 Å². The molecule has 5 nitrogen and oxygen atoms in total. The van der Waals surface area contributed by atoms with Crippen molar-refractivity contribution in [1.29, 1.82) is 0 Å². The van der Waals surface area contributed by atoms with E-state index in [2.05, 4.69) is 0 Å². The molecular weight excluding hydrogens is 226 g/mol. The molecule has 0 aromatic carbocycles. The van der Waals surface area contributed by atoms with Gasteiger partial charge in [0.25, 0.3) is 10.2 Å². The molecule has 0 aliphatic carbocycles. The Kier molecular flexibility index (Phi) is 4.34. The van der Waals surface area contributed by atoms with Crippen molar-refractivity contribution in [3.05, 3.63) is 0 Å². The lowest BCUT2D eigenvalue weighted by Crippen LogP contribution is -2.53. The zero-order chi connectivity index (χ0) is 12.5. The van der Waals surface area contributed by atoms with Gasteiger partial charge in [0, 0.05) is 31.7 Å². The second-order valence-electron chi connectivity index (χ2n) is 4.86. The van der Waals surface area contributed by atoms with Crippen LogP contribution >= 0.6 is 0 Å². The lowest BCUT2D eigenvalue weighted by molar-refractivity contribution is 0.227. The summed E-state index contributed by atoms with van der Waals surface area (Å²) in [6, 6.07) is 0.105. The number of nitrogens with zero attached hydrogens (tertiary/aromatic N) is 2. The first-order valence-electron chi connectivity index (χ1n) is 5.77. The Bertz CT molecular complexity index is 329. The van der Waals surface area contributed by atoms with Crippen LogP contribution in [0.15, 0.2) is 0 Å². The quantitative estimate of drug-likeness (QED) is 0.786. The van der Waals surface area contributed by atoms with E-state index in [1.807, 2.05) is 20.8 Å². The van der Waals surface area contributed by atoms with E-state index in [0.717, 1.165) is 12.8 Å². The second-order valence-corrected chi connectivity index (χ2v) is 6.80. The van der Waals surface area contributed by atoms with Crippen molar-refractivity contribution >= 4 is 10.2 Å². The van der Waals surface area contributed by atoms with Crippen LogP contribution in [0.1, 0.15) is 33.6 Å². The van der Waals surface area contributed by atoms with E-state index in [-0.39, 0.29) is 18.1 Å². The van der Waals surface area contributed by atoms with Crippen molar-refractivity contribution in [3.8, 4) is 0 Å². The van der Waals surface area contributed by atoms with Crippen LogP contribution in [-0.2, 0) is 10.2 Å². The van der Waals surface area contributed by atoms with Crippen molar-refractivity contribution in [1.82, 2.24) is 8.61 Å². The minimum absolute atomic E-state index is 0.00468. The summed E-state index contributed by atoms with van der Waals surface area (Å²) >= 11 is 0. The summed E-state index contributed by atoms with van der Waals surface area (Å²) in [5, 5.41) is 0. The third-order valence-electron chi connectivity index (χ3n) is 3.24. The fourth-order valence-corrected chi connectivity index (χ4v) is 3.70. The molecule has 0 amide bonds. The van der Waals surface area contributed by atoms with Crippen LogP contribution in [0.3, 0.4) is 0 Å². The fraction of sp³-hybridized carbons (Fsp3) is 1.00. The van der Waals surface area contributed by atoms with E-state index in [1.54, 1.807) is 11.4 Å². The molecule has 1 aliphatic rings. The summed E-state index contributed by atoms with van der Waals surface area (Å²) in [6.45, 7) is 6.20. The van der Waals surface area contributed by atoms with Crippen molar-refractivity contribution < 1.29 is 8.42 Å². The summed E-state index contributed by atoms with van der Waals surface area (Å²) in [5.41, 5.74) is 5.83. The lowest BCUT2D eigenvalue weighted by Gasteiger charge is -2.38. The van der Waals surface area contributed by atoms with Gasteiger partial charge in [0.05, 0.1) is 0 Å². The summed E-state index contributed by atoms with van der Waals surface area (Å²) in [6.07, 6.45) is 1.49. The van der Waals surface area contributed by atoms with Gasteiger partial charge in [-0.2, -0.15) is 17.0 Å². The maximum atomic E-state index is 12.3. The number of rotatable bonds is 3. The summed E-state index contributed by atoms with van der Waals surface area (Å²) in [4.78, 5) is 0. The molecule has 1 rings (SSSR count). The summed E-state index contributed by atoms with van der Waals surface area (Å²) in [5.74, 6) is 0. The van der Waals surface area contributed by atoms with Crippen LogP contribution < -0.4 is 5.73 Å². The van der Waals surface area contributed by atoms with Crippen molar-refractivity contribution in [2.24, 2.45) is 5.73 Å². The van der Waals surface area contributed by atoms with E-state index in [0.29, 0.717) is 6.54 Å². The van der Waals surface area contributed by atoms with E-state index in [4.69, 9.17) is 5.73 Å². The first-order chi connectivity index (χ1) is 7.26. The summed E-state index contributed by atoms with van der Waals surface area (Å²) < 4.78 is 27.5. The van der Waals surface area contributed by atoms with Crippen LogP contribution in [0.5, 0.6) is 0 Å². The Morgan fingerprint density at radius 2 is 2.00 bits per heavy atom. The van der Waals surface area contributed by atoms with Crippen molar-refractivity contribution in [3.63, 3.8) is 0 Å². The summed E-state index contributed by atoms with van der Waals surface area (Å²) in [7, 11) is -1.70. The molecule has 0 spiro atoms. The zero-order valence-corrected chi connectivity index (χ0v) is 11.4. The van der Waals surface area contributed by atoms with E-state index in [1.165, 1.54) is 4.31 Å². The largest absolute Gasteiger partial charge is 0.328 e. The average molecular weight is 249 g/mol. The zero-order valence-electron chi connectivity index (χ0n) is 10.5. The molecular formula is C10H23N3O2S. The highest BCUT2D eigenvalue weighted by Crippen LogP contribution is 2.22. The first kappa shape index (κ1) is 13.9. The predicted octanol–water partition coefficient (Wildman–Crippen LogP) is 0.383. The molecule has 2 unspecified atom stereocenters. The average Bonchev–Trinajstić information content (AvgIpc) is 2.15. The molecule has 1 saturated heterocycles. The molecule has 6 heteroatoms. The number of nitrogens with two attached hydrogens (primary N) is 1. The van der Waals surface area contributed by atoms with Crippen LogP contribution in [0, 0.1) is 0 Å². The SMILES string of the molecule is CC(C)N(C)S(=O)(=O)N1CCC(N)CC1C. The van der Waals surface area contributed by atoms with Gasteiger partial charge in [0.15, 0.2) is 0 Å². The van der Waals surface area contributed by atoms with Crippen molar-refractivity contribution in [2.45, 2.75) is 51.7 Å². The molecule has 0 bridgehead atoms. The Balaban J connectivity index is 2.84. The molecule has 0 aromatic rings.